The number of rotatable bonds is 10. The van der Waals surface area contributed by atoms with Crippen LogP contribution in [-0.4, -0.2) is 35.3 Å². The van der Waals surface area contributed by atoms with Crippen molar-refractivity contribution < 1.29 is 13.5 Å². The molecule has 4 nitrogen and oxygen atoms in total. The summed E-state index contributed by atoms with van der Waals surface area (Å²) in [6.45, 7) is 5.40. The van der Waals surface area contributed by atoms with Crippen molar-refractivity contribution in [3.8, 4) is 17.0 Å². The number of aromatic nitrogens is 2. The molecule has 1 heterocycles. The molecule has 1 aromatic heterocycles. The molecule has 0 unspecified atom stereocenters. The number of H-pyrrole nitrogens is 1. The monoisotopic (exact) mass is 405 g/mol. The molecule has 0 radical (unpaired) electrons. The van der Waals surface area contributed by atoms with Gasteiger partial charge in [0.25, 0.3) is 5.92 Å². The lowest BCUT2D eigenvalue weighted by molar-refractivity contribution is 0.0172. The Morgan fingerprint density at radius 3 is 2.69 bits per heavy atom. The van der Waals surface area contributed by atoms with Crippen LogP contribution in [0, 0.1) is 5.92 Å². The molecule has 1 saturated carbocycles. The van der Waals surface area contributed by atoms with Crippen LogP contribution in [0.4, 0.5) is 8.78 Å². The molecule has 0 aliphatic heterocycles. The maximum atomic E-state index is 14.2. The molecule has 6 heteroatoms. The van der Waals surface area contributed by atoms with E-state index in [9.17, 15) is 8.78 Å². The average molecular weight is 406 g/mol. The summed E-state index contributed by atoms with van der Waals surface area (Å²) in [7, 11) is 2.07. The van der Waals surface area contributed by atoms with E-state index < -0.39 is 5.92 Å². The summed E-state index contributed by atoms with van der Waals surface area (Å²) >= 11 is 0. The molecule has 1 aliphatic rings. The van der Waals surface area contributed by atoms with E-state index in [2.05, 4.69) is 29.1 Å². The van der Waals surface area contributed by atoms with Gasteiger partial charge in [-0.1, -0.05) is 26.2 Å². The van der Waals surface area contributed by atoms with Gasteiger partial charge >= 0.3 is 0 Å². The highest BCUT2D eigenvalue weighted by Crippen LogP contribution is 2.35. The topological polar surface area (TPSA) is 41.2 Å². The second-order valence-corrected chi connectivity index (χ2v) is 8.46. The van der Waals surface area contributed by atoms with E-state index in [4.69, 9.17) is 4.74 Å². The standard InChI is InChI=1S/C23H33F2N3O/c1-4-5-10-28(3)15-19-14-26-27-22(19)18-11-20(23(2,24)25)13-21(12-18)29-16-17-8-6-7-9-17/h11-14,17H,4-10,15-16H2,1-3H3,(H,26,27). The van der Waals surface area contributed by atoms with Gasteiger partial charge in [0.15, 0.2) is 0 Å². The highest BCUT2D eigenvalue weighted by molar-refractivity contribution is 5.66. The maximum Gasteiger partial charge on any atom is 0.270 e. The Morgan fingerprint density at radius 2 is 2.00 bits per heavy atom. The minimum Gasteiger partial charge on any atom is -0.493 e. The van der Waals surface area contributed by atoms with Gasteiger partial charge < -0.3 is 9.64 Å². The highest BCUT2D eigenvalue weighted by atomic mass is 19.3. The second-order valence-electron chi connectivity index (χ2n) is 8.46. The van der Waals surface area contributed by atoms with E-state index in [1.807, 2.05) is 6.07 Å². The first kappa shape index (κ1) is 21.8. The second kappa shape index (κ2) is 9.70. The number of aromatic amines is 1. The van der Waals surface area contributed by atoms with Crippen molar-refractivity contribution in [3.63, 3.8) is 0 Å². The maximum absolute atomic E-state index is 14.2. The lowest BCUT2D eigenvalue weighted by atomic mass is 10.0. The number of alkyl halides is 2. The van der Waals surface area contributed by atoms with Crippen molar-refractivity contribution in [2.75, 3.05) is 20.2 Å². The molecule has 1 aromatic carbocycles. The Balaban J connectivity index is 1.84. The highest BCUT2D eigenvalue weighted by Gasteiger charge is 2.27. The van der Waals surface area contributed by atoms with Gasteiger partial charge in [0, 0.05) is 30.2 Å². The van der Waals surface area contributed by atoms with E-state index in [1.165, 1.54) is 18.9 Å². The molecule has 0 spiro atoms. The molecule has 3 rings (SSSR count). The van der Waals surface area contributed by atoms with E-state index >= 15 is 0 Å². The summed E-state index contributed by atoms with van der Waals surface area (Å²) < 4.78 is 34.3. The van der Waals surface area contributed by atoms with Crippen molar-refractivity contribution in [2.45, 2.75) is 64.8 Å². The number of hydrogen-bond donors (Lipinski definition) is 1. The van der Waals surface area contributed by atoms with Gasteiger partial charge in [-0.05, 0) is 57.0 Å². The van der Waals surface area contributed by atoms with E-state index in [0.717, 1.165) is 57.0 Å². The molecular weight excluding hydrogens is 372 g/mol. The fourth-order valence-corrected chi connectivity index (χ4v) is 3.95. The van der Waals surface area contributed by atoms with Gasteiger partial charge in [-0.15, -0.1) is 0 Å². The van der Waals surface area contributed by atoms with Gasteiger partial charge in [0.2, 0.25) is 0 Å². The molecule has 1 N–H and O–H groups in total. The predicted molar refractivity (Wildman–Crippen MR) is 112 cm³/mol. The SMILES string of the molecule is CCCCN(C)Cc1cn[nH]c1-c1cc(OCC2CCCC2)cc(C(C)(F)F)c1. The fourth-order valence-electron chi connectivity index (χ4n) is 3.95. The lowest BCUT2D eigenvalue weighted by Crippen LogP contribution is -2.19. The molecule has 2 aromatic rings. The molecule has 0 amide bonds. The van der Waals surface area contributed by atoms with Crippen LogP contribution >= 0.6 is 0 Å². The molecule has 0 atom stereocenters. The Labute approximate surface area is 172 Å². The minimum atomic E-state index is -2.93. The van der Waals surface area contributed by atoms with Crippen molar-refractivity contribution >= 4 is 0 Å². The number of nitrogens with one attached hydrogen (secondary N) is 1. The first-order valence-electron chi connectivity index (χ1n) is 10.7. The molecule has 1 aliphatic carbocycles. The number of ether oxygens (including phenoxy) is 1. The average Bonchev–Trinajstić information content (AvgIpc) is 3.35. The van der Waals surface area contributed by atoms with E-state index in [-0.39, 0.29) is 5.56 Å². The summed E-state index contributed by atoms with van der Waals surface area (Å²) in [4.78, 5) is 2.23. The van der Waals surface area contributed by atoms with E-state index in [1.54, 1.807) is 12.3 Å². The molecule has 1 fully saturated rings. The van der Waals surface area contributed by atoms with Crippen LogP contribution in [0.2, 0.25) is 0 Å². The van der Waals surface area contributed by atoms with Crippen LogP contribution in [-0.2, 0) is 12.5 Å². The largest absolute Gasteiger partial charge is 0.493 e. The third kappa shape index (κ3) is 6.01. The number of halogens is 2. The number of unbranched alkanes of at least 4 members (excludes halogenated alkanes) is 1. The van der Waals surface area contributed by atoms with Crippen LogP contribution < -0.4 is 4.74 Å². The van der Waals surface area contributed by atoms with Crippen LogP contribution in [0.25, 0.3) is 11.3 Å². The zero-order valence-corrected chi connectivity index (χ0v) is 17.8. The molecular formula is C23H33F2N3O. The van der Waals surface area contributed by atoms with Crippen LogP contribution in [0.1, 0.15) is 63.5 Å². The summed E-state index contributed by atoms with van der Waals surface area (Å²) in [5, 5.41) is 7.19. The lowest BCUT2D eigenvalue weighted by Gasteiger charge is -2.18. The Bertz CT molecular complexity index is 779. The molecule has 29 heavy (non-hydrogen) atoms. The van der Waals surface area contributed by atoms with Crippen molar-refractivity contribution in [1.29, 1.82) is 0 Å². The van der Waals surface area contributed by atoms with Gasteiger partial charge in [0.05, 0.1) is 18.5 Å². The first-order valence-corrected chi connectivity index (χ1v) is 10.7. The third-order valence-corrected chi connectivity index (χ3v) is 5.71. The Morgan fingerprint density at radius 1 is 1.24 bits per heavy atom. The number of nitrogens with zero attached hydrogens (tertiary/aromatic N) is 2. The Kier molecular flexibility index (Phi) is 7.28. The summed E-state index contributed by atoms with van der Waals surface area (Å²) in [5.41, 5.74) is 2.45. The zero-order chi connectivity index (χ0) is 20.9. The van der Waals surface area contributed by atoms with Crippen LogP contribution in [0.5, 0.6) is 5.75 Å². The first-order chi connectivity index (χ1) is 13.9. The quantitative estimate of drug-likeness (QED) is 0.528. The zero-order valence-electron chi connectivity index (χ0n) is 17.8. The van der Waals surface area contributed by atoms with Gasteiger partial charge in [-0.25, -0.2) is 8.78 Å². The van der Waals surface area contributed by atoms with Crippen molar-refractivity contribution in [3.05, 3.63) is 35.5 Å². The predicted octanol–water partition coefficient (Wildman–Crippen LogP) is 5.99. The molecule has 0 bridgehead atoms. The summed E-state index contributed by atoms with van der Waals surface area (Å²) in [6.07, 6.45) is 8.83. The minimum absolute atomic E-state index is 0.0312. The van der Waals surface area contributed by atoms with Gasteiger partial charge in [-0.2, -0.15) is 5.10 Å². The van der Waals surface area contributed by atoms with Crippen LogP contribution in [0.3, 0.4) is 0 Å². The fraction of sp³-hybridized carbons (Fsp3) is 0.609. The van der Waals surface area contributed by atoms with Gasteiger partial charge in [0.1, 0.15) is 5.75 Å². The molecule has 0 saturated heterocycles. The molecule has 160 valence electrons. The van der Waals surface area contributed by atoms with Gasteiger partial charge in [-0.3, -0.25) is 5.10 Å². The number of benzene rings is 1. The van der Waals surface area contributed by atoms with Crippen molar-refractivity contribution in [2.24, 2.45) is 5.92 Å². The van der Waals surface area contributed by atoms with Crippen LogP contribution in [0.15, 0.2) is 24.4 Å². The summed E-state index contributed by atoms with van der Waals surface area (Å²) in [6, 6.07) is 4.88. The Hall–Kier alpha value is -1.95. The normalized spacial score (nSPS) is 15.4. The number of hydrogen-bond acceptors (Lipinski definition) is 3. The third-order valence-electron chi connectivity index (χ3n) is 5.71. The smallest absolute Gasteiger partial charge is 0.270 e. The van der Waals surface area contributed by atoms with Crippen molar-refractivity contribution in [1.82, 2.24) is 15.1 Å². The van der Waals surface area contributed by atoms with E-state index in [0.29, 0.717) is 23.8 Å². The summed E-state index contributed by atoms with van der Waals surface area (Å²) in [5.74, 6) is -1.90.